The number of carbonyl (C=O) groups is 2. The predicted molar refractivity (Wildman–Crippen MR) is 124 cm³/mol. The fourth-order valence-electron chi connectivity index (χ4n) is 4.26. The van der Waals surface area contributed by atoms with E-state index >= 15 is 0 Å². The Morgan fingerprint density at radius 1 is 1.09 bits per heavy atom. The van der Waals surface area contributed by atoms with Gasteiger partial charge in [0.25, 0.3) is 0 Å². The zero-order valence-corrected chi connectivity index (χ0v) is 19.5. The van der Waals surface area contributed by atoms with Crippen LogP contribution in [0, 0.1) is 12.8 Å². The number of anilines is 2. The van der Waals surface area contributed by atoms with Gasteiger partial charge in [-0.25, -0.2) is 8.42 Å². The first-order valence-electron chi connectivity index (χ1n) is 10.7. The summed E-state index contributed by atoms with van der Waals surface area (Å²) in [5, 5.41) is 3.39. The van der Waals surface area contributed by atoms with Gasteiger partial charge in [-0.15, -0.1) is 0 Å². The highest BCUT2D eigenvalue weighted by molar-refractivity contribution is 7.89. The van der Waals surface area contributed by atoms with Gasteiger partial charge in [0, 0.05) is 42.5 Å². The van der Waals surface area contributed by atoms with Crippen molar-refractivity contribution in [1.29, 1.82) is 0 Å². The van der Waals surface area contributed by atoms with Crippen LogP contribution in [0.4, 0.5) is 11.4 Å². The fraction of sp³-hybridized carbons (Fsp3) is 0.391. The third-order valence-corrected chi connectivity index (χ3v) is 8.18. The number of benzene rings is 2. The van der Waals surface area contributed by atoms with E-state index in [0.29, 0.717) is 43.1 Å². The van der Waals surface area contributed by atoms with Gasteiger partial charge >= 0.3 is 0 Å². The lowest BCUT2D eigenvalue weighted by molar-refractivity contribution is -0.121. The van der Waals surface area contributed by atoms with Gasteiger partial charge in [0.05, 0.1) is 10.8 Å². The second-order valence-corrected chi connectivity index (χ2v) is 10.7. The Morgan fingerprint density at radius 2 is 1.84 bits per heavy atom. The summed E-state index contributed by atoms with van der Waals surface area (Å²) in [6, 6.07) is 11.6. The number of sulfonamides is 1. The van der Waals surface area contributed by atoms with E-state index in [1.54, 1.807) is 17.0 Å². The molecule has 2 heterocycles. The summed E-state index contributed by atoms with van der Waals surface area (Å²) in [7, 11) is -3.70. The highest BCUT2D eigenvalue weighted by Gasteiger charge is 2.33. The van der Waals surface area contributed by atoms with Crippen LogP contribution in [-0.2, 0) is 19.6 Å². The number of rotatable bonds is 5. The molecule has 0 spiro atoms. The van der Waals surface area contributed by atoms with Crippen LogP contribution in [0.25, 0.3) is 0 Å². The summed E-state index contributed by atoms with van der Waals surface area (Å²) in [4.78, 5) is 27.0. The number of amides is 2. The lowest BCUT2D eigenvalue weighted by Gasteiger charge is -2.31. The largest absolute Gasteiger partial charge is 0.326 e. The first-order chi connectivity index (χ1) is 15.3. The van der Waals surface area contributed by atoms with E-state index in [1.807, 2.05) is 25.1 Å². The van der Waals surface area contributed by atoms with Crippen molar-refractivity contribution in [2.45, 2.75) is 37.5 Å². The summed E-state index contributed by atoms with van der Waals surface area (Å²) in [5.74, 6) is -0.584. The van der Waals surface area contributed by atoms with Crippen molar-refractivity contribution < 1.29 is 18.0 Å². The Labute approximate surface area is 193 Å². The first-order valence-corrected chi connectivity index (χ1v) is 12.5. The highest BCUT2D eigenvalue weighted by atomic mass is 35.5. The molecular weight excluding hydrogens is 450 g/mol. The molecule has 0 radical (unpaired) electrons. The van der Waals surface area contributed by atoms with E-state index in [2.05, 4.69) is 5.32 Å². The van der Waals surface area contributed by atoms with Crippen LogP contribution in [0.5, 0.6) is 0 Å². The third kappa shape index (κ3) is 4.67. The van der Waals surface area contributed by atoms with E-state index in [0.717, 1.165) is 17.7 Å². The fourth-order valence-corrected chi connectivity index (χ4v) is 5.91. The maximum absolute atomic E-state index is 13.0. The molecule has 4 rings (SSSR count). The molecule has 2 aliphatic rings. The topological polar surface area (TPSA) is 86.8 Å². The molecule has 1 atom stereocenters. The monoisotopic (exact) mass is 475 g/mol. The Hall–Kier alpha value is -2.42. The third-order valence-electron chi connectivity index (χ3n) is 6.05. The second kappa shape index (κ2) is 9.21. The minimum Gasteiger partial charge on any atom is -0.326 e. The normalized spacial score (nSPS) is 19.9. The smallest absolute Gasteiger partial charge is 0.243 e. The van der Waals surface area contributed by atoms with E-state index < -0.39 is 15.9 Å². The number of piperidine rings is 1. The van der Waals surface area contributed by atoms with Crippen LogP contribution >= 0.6 is 11.6 Å². The molecule has 0 saturated carbocycles. The molecule has 2 aromatic carbocycles. The summed E-state index contributed by atoms with van der Waals surface area (Å²) < 4.78 is 27.4. The van der Waals surface area contributed by atoms with Gasteiger partial charge in [-0.1, -0.05) is 17.7 Å². The molecule has 2 amide bonds. The number of halogens is 1. The minimum absolute atomic E-state index is 0.0897. The van der Waals surface area contributed by atoms with Gasteiger partial charge in [0.15, 0.2) is 0 Å². The van der Waals surface area contributed by atoms with Crippen LogP contribution in [0.1, 0.15) is 31.2 Å². The lowest BCUT2D eigenvalue weighted by atomic mass is 9.98. The highest BCUT2D eigenvalue weighted by Crippen LogP contribution is 2.30. The van der Waals surface area contributed by atoms with Gasteiger partial charge < -0.3 is 10.2 Å². The molecule has 32 heavy (non-hydrogen) atoms. The molecule has 9 heteroatoms. The number of hydrogen-bond donors (Lipinski definition) is 1. The van der Waals surface area contributed by atoms with E-state index in [4.69, 9.17) is 11.6 Å². The second-order valence-electron chi connectivity index (χ2n) is 8.30. The molecule has 0 aliphatic carbocycles. The zero-order valence-electron chi connectivity index (χ0n) is 17.9. The summed E-state index contributed by atoms with van der Waals surface area (Å²) in [5.41, 5.74) is 2.38. The van der Waals surface area contributed by atoms with Crippen molar-refractivity contribution in [3.8, 4) is 0 Å². The van der Waals surface area contributed by atoms with E-state index in [1.165, 1.54) is 16.4 Å². The van der Waals surface area contributed by atoms with Gasteiger partial charge in [0.2, 0.25) is 21.8 Å². The molecule has 1 N–H and O–H groups in total. The van der Waals surface area contributed by atoms with E-state index in [-0.39, 0.29) is 23.3 Å². The molecule has 2 aliphatic heterocycles. The van der Waals surface area contributed by atoms with Crippen LogP contribution in [-0.4, -0.2) is 44.2 Å². The van der Waals surface area contributed by atoms with Crippen LogP contribution < -0.4 is 10.2 Å². The standard InChI is InChI=1S/C23H26ClN3O4S/c1-16-6-9-19(14-21(16)27-13-3-5-22(27)28)25-23(29)17-4-2-12-26(15-17)32(30,31)20-10-7-18(24)8-11-20/h6-11,14,17H,2-5,12-13,15H2,1H3,(H,25,29)/t17-/m1/s1. The Kier molecular flexibility index (Phi) is 6.55. The Morgan fingerprint density at radius 3 is 2.53 bits per heavy atom. The lowest BCUT2D eigenvalue weighted by Crippen LogP contribution is -2.43. The van der Waals surface area contributed by atoms with Gasteiger partial charge in [-0.3, -0.25) is 9.59 Å². The maximum Gasteiger partial charge on any atom is 0.243 e. The zero-order chi connectivity index (χ0) is 22.9. The molecule has 2 saturated heterocycles. The average Bonchev–Trinajstić information content (AvgIpc) is 3.21. The van der Waals surface area contributed by atoms with Crippen molar-refractivity contribution in [1.82, 2.24) is 4.31 Å². The number of aryl methyl sites for hydroxylation is 1. The average molecular weight is 476 g/mol. The summed E-state index contributed by atoms with van der Waals surface area (Å²) in [6.07, 6.45) is 2.58. The Bertz CT molecular complexity index is 1130. The molecule has 0 unspecified atom stereocenters. The number of nitrogens with zero attached hydrogens (tertiary/aromatic N) is 2. The summed E-state index contributed by atoms with van der Waals surface area (Å²) >= 11 is 5.88. The van der Waals surface area contributed by atoms with Crippen LogP contribution in [0.2, 0.25) is 5.02 Å². The molecule has 7 nitrogen and oxygen atoms in total. The SMILES string of the molecule is Cc1ccc(NC(=O)[C@@H]2CCCN(S(=O)(=O)c3ccc(Cl)cc3)C2)cc1N1CCCC1=O. The quantitative estimate of drug-likeness (QED) is 0.712. The van der Waals surface area contributed by atoms with Gasteiger partial charge in [-0.2, -0.15) is 4.31 Å². The molecular formula is C23H26ClN3O4S. The molecule has 170 valence electrons. The van der Waals surface area contributed by atoms with Gasteiger partial charge in [-0.05, 0) is 68.1 Å². The maximum atomic E-state index is 13.0. The van der Waals surface area contributed by atoms with Crippen molar-refractivity contribution in [3.05, 3.63) is 53.1 Å². The molecule has 2 fully saturated rings. The molecule has 0 bridgehead atoms. The van der Waals surface area contributed by atoms with Crippen LogP contribution in [0.3, 0.4) is 0 Å². The Balaban J connectivity index is 1.47. The minimum atomic E-state index is -3.70. The predicted octanol–water partition coefficient (Wildman–Crippen LogP) is 3.81. The molecule has 2 aromatic rings. The number of nitrogens with one attached hydrogen (secondary N) is 1. The van der Waals surface area contributed by atoms with Crippen molar-refractivity contribution >= 4 is 44.8 Å². The first kappa shape index (κ1) is 22.8. The van der Waals surface area contributed by atoms with Crippen molar-refractivity contribution in [2.24, 2.45) is 5.92 Å². The molecule has 0 aromatic heterocycles. The van der Waals surface area contributed by atoms with Crippen molar-refractivity contribution in [2.75, 3.05) is 29.9 Å². The van der Waals surface area contributed by atoms with E-state index in [9.17, 15) is 18.0 Å². The summed E-state index contributed by atoms with van der Waals surface area (Å²) in [6.45, 7) is 3.12. The number of carbonyl (C=O) groups excluding carboxylic acids is 2. The number of hydrogen-bond acceptors (Lipinski definition) is 4. The van der Waals surface area contributed by atoms with Crippen molar-refractivity contribution in [3.63, 3.8) is 0 Å². The van der Waals surface area contributed by atoms with Crippen LogP contribution in [0.15, 0.2) is 47.4 Å². The van der Waals surface area contributed by atoms with Gasteiger partial charge in [0.1, 0.15) is 0 Å².